The average molecular weight is 420 g/mol. The summed E-state index contributed by atoms with van der Waals surface area (Å²) in [5.41, 5.74) is 1.68. The largest absolute Gasteiger partial charge is 0.507 e. The standard InChI is InChI=1S/C24H20O7/c1-9-5-7-11(3)19-13(9)18(25)16(23(27)29-19)15-17-21(31-22(15)26)14-10(2)6-8-12(4)20(14)30-24(17)28/h5-8,15,22,25-26H,1-4H3. The molecule has 0 bridgehead atoms. The van der Waals surface area contributed by atoms with Crippen molar-refractivity contribution in [3.05, 3.63) is 78.5 Å². The van der Waals surface area contributed by atoms with Crippen LogP contribution in [0.15, 0.2) is 42.7 Å². The number of hydrogen-bond donors (Lipinski definition) is 2. The van der Waals surface area contributed by atoms with Crippen molar-refractivity contribution in [1.29, 1.82) is 0 Å². The number of aryl methyl sites for hydroxylation is 4. The topological polar surface area (TPSA) is 110 Å². The van der Waals surface area contributed by atoms with E-state index >= 15 is 0 Å². The predicted molar refractivity (Wildman–Crippen MR) is 114 cm³/mol. The Morgan fingerprint density at radius 2 is 1.23 bits per heavy atom. The van der Waals surface area contributed by atoms with Crippen LogP contribution in [0, 0.1) is 27.7 Å². The fourth-order valence-corrected chi connectivity index (χ4v) is 4.45. The van der Waals surface area contributed by atoms with Gasteiger partial charge in [-0.1, -0.05) is 24.3 Å². The molecule has 3 heterocycles. The molecule has 2 N–H and O–H groups in total. The molecule has 31 heavy (non-hydrogen) atoms. The van der Waals surface area contributed by atoms with Gasteiger partial charge in [0.05, 0.1) is 27.8 Å². The van der Waals surface area contributed by atoms with Gasteiger partial charge < -0.3 is 23.8 Å². The maximum atomic E-state index is 13.0. The first-order chi connectivity index (χ1) is 14.7. The number of fused-ring (bicyclic) bond motifs is 4. The first kappa shape index (κ1) is 19.4. The molecule has 7 nitrogen and oxygen atoms in total. The lowest BCUT2D eigenvalue weighted by molar-refractivity contribution is -0.00988. The van der Waals surface area contributed by atoms with Crippen LogP contribution in [0.3, 0.4) is 0 Å². The van der Waals surface area contributed by atoms with E-state index in [9.17, 15) is 19.8 Å². The monoisotopic (exact) mass is 420 g/mol. The van der Waals surface area contributed by atoms with Crippen molar-refractivity contribution in [3.8, 4) is 11.5 Å². The fraction of sp³-hybridized carbons (Fsp3) is 0.250. The minimum atomic E-state index is -1.57. The van der Waals surface area contributed by atoms with Gasteiger partial charge >= 0.3 is 11.3 Å². The van der Waals surface area contributed by atoms with E-state index in [1.54, 1.807) is 32.9 Å². The van der Waals surface area contributed by atoms with Crippen molar-refractivity contribution in [1.82, 2.24) is 0 Å². The second-order valence-electron chi connectivity index (χ2n) is 8.08. The molecule has 0 saturated heterocycles. The zero-order valence-electron chi connectivity index (χ0n) is 17.4. The minimum Gasteiger partial charge on any atom is -0.507 e. The number of rotatable bonds is 1. The molecule has 0 fully saturated rings. The Bertz CT molecular complexity index is 1520. The zero-order chi connectivity index (χ0) is 22.2. The highest BCUT2D eigenvalue weighted by Gasteiger charge is 2.43. The van der Waals surface area contributed by atoms with Crippen LogP contribution in [0.2, 0.25) is 0 Å². The van der Waals surface area contributed by atoms with Gasteiger partial charge in [-0.05, 0) is 49.9 Å². The van der Waals surface area contributed by atoms with Crippen LogP contribution in [0.4, 0.5) is 0 Å². The fourth-order valence-electron chi connectivity index (χ4n) is 4.45. The van der Waals surface area contributed by atoms with Gasteiger partial charge in [0.25, 0.3) is 0 Å². The van der Waals surface area contributed by atoms with Crippen molar-refractivity contribution in [2.75, 3.05) is 0 Å². The van der Waals surface area contributed by atoms with Crippen LogP contribution in [-0.4, -0.2) is 16.5 Å². The number of aliphatic hydroxyl groups excluding tert-OH is 1. The van der Waals surface area contributed by atoms with E-state index < -0.39 is 23.5 Å². The summed E-state index contributed by atoms with van der Waals surface area (Å²) in [6.07, 6.45) is -1.57. The summed E-state index contributed by atoms with van der Waals surface area (Å²) in [6.45, 7) is 7.17. The highest BCUT2D eigenvalue weighted by atomic mass is 16.6. The quantitative estimate of drug-likeness (QED) is 0.452. The number of aromatic hydroxyl groups is 1. The first-order valence-corrected chi connectivity index (χ1v) is 9.88. The van der Waals surface area contributed by atoms with Gasteiger partial charge in [0.2, 0.25) is 6.29 Å². The third-order valence-corrected chi connectivity index (χ3v) is 6.06. The number of benzene rings is 2. The summed E-state index contributed by atoms with van der Waals surface area (Å²) >= 11 is 0. The average Bonchev–Trinajstić information content (AvgIpc) is 3.05. The Balaban J connectivity index is 1.88. The Hall–Kier alpha value is -3.58. The molecule has 0 amide bonds. The summed E-state index contributed by atoms with van der Waals surface area (Å²) < 4.78 is 16.8. The number of ether oxygens (including phenoxy) is 1. The van der Waals surface area contributed by atoms with E-state index in [0.717, 1.165) is 11.1 Å². The second-order valence-corrected chi connectivity index (χ2v) is 8.08. The van der Waals surface area contributed by atoms with Crippen LogP contribution in [0.25, 0.3) is 21.9 Å². The van der Waals surface area contributed by atoms with Crippen molar-refractivity contribution >= 4 is 21.9 Å². The third-order valence-electron chi connectivity index (χ3n) is 6.06. The molecule has 1 aliphatic heterocycles. The minimum absolute atomic E-state index is 0.0130. The van der Waals surface area contributed by atoms with Crippen LogP contribution >= 0.6 is 0 Å². The van der Waals surface area contributed by atoms with Gasteiger partial charge in [-0.2, -0.15) is 0 Å². The highest BCUT2D eigenvalue weighted by molar-refractivity contribution is 5.92. The molecule has 0 aliphatic carbocycles. The van der Waals surface area contributed by atoms with Crippen LogP contribution in [0.5, 0.6) is 11.5 Å². The number of hydrogen-bond acceptors (Lipinski definition) is 7. The molecule has 0 radical (unpaired) electrons. The first-order valence-electron chi connectivity index (χ1n) is 9.88. The predicted octanol–water partition coefficient (Wildman–Crippen LogP) is 3.68. The van der Waals surface area contributed by atoms with Gasteiger partial charge in [0.1, 0.15) is 22.7 Å². The van der Waals surface area contributed by atoms with E-state index in [4.69, 9.17) is 13.6 Å². The smallest absolute Gasteiger partial charge is 0.344 e. The van der Waals surface area contributed by atoms with Crippen molar-refractivity contribution in [2.45, 2.75) is 39.9 Å². The normalized spacial score (nSPS) is 17.8. The Kier molecular flexibility index (Phi) is 4.04. The SMILES string of the molecule is Cc1ccc(C)c2c(O)c(C3c4c(c5c(C)ccc(C)c5oc4=O)OC3O)c(=O)oc12. The van der Waals surface area contributed by atoms with E-state index in [1.165, 1.54) is 0 Å². The van der Waals surface area contributed by atoms with Gasteiger partial charge in [0, 0.05) is 0 Å². The summed E-state index contributed by atoms with van der Waals surface area (Å²) in [5, 5.41) is 22.7. The van der Waals surface area contributed by atoms with Gasteiger partial charge in [-0.3, -0.25) is 0 Å². The summed E-state index contributed by atoms with van der Waals surface area (Å²) in [5.74, 6) is -1.44. The molecule has 7 heteroatoms. The van der Waals surface area contributed by atoms with Gasteiger partial charge in [-0.25, -0.2) is 9.59 Å². The van der Waals surface area contributed by atoms with Gasteiger partial charge in [0.15, 0.2) is 0 Å². The van der Waals surface area contributed by atoms with E-state index in [-0.39, 0.29) is 28.2 Å². The molecule has 158 valence electrons. The summed E-state index contributed by atoms with van der Waals surface area (Å²) in [7, 11) is 0. The lowest BCUT2D eigenvalue weighted by Gasteiger charge is -2.16. The molecule has 0 spiro atoms. The zero-order valence-corrected chi connectivity index (χ0v) is 17.4. The van der Waals surface area contributed by atoms with E-state index in [0.29, 0.717) is 27.5 Å². The molecule has 5 rings (SSSR count). The lowest BCUT2D eigenvalue weighted by atomic mass is 9.90. The summed E-state index contributed by atoms with van der Waals surface area (Å²) in [6, 6.07) is 7.26. The molecule has 0 saturated carbocycles. The molecule has 4 aromatic rings. The summed E-state index contributed by atoms with van der Waals surface area (Å²) in [4.78, 5) is 25.9. The highest BCUT2D eigenvalue weighted by Crippen LogP contribution is 2.47. The van der Waals surface area contributed by atoms with Crippen LogP contribution in [-0.2, 0) is 0 Å². The Morgan fingerprint density at radius 1 is 0.742 bits per heavy atom. The molecule has 2 atom stereocenters. The van der Waals surface area contributed by atoms with E-state index in [1.807, 2.05) is 19.1 Å². The molecule has 2 aromatic carbocycles. The number of aliphatic hydroxyl groups is 1. The maximum absolute atomic E-state index is 13.0. The van der Waals surface area contributed by atoms with Crippen LogP contribution < -0.4 is 16.0 Å². The third kappa shape index (κ3) is 2.56. The van der Waals surface area contributed by atoms with Crippen molar-refractivity contribution < 1.29 is 23.8 Å². The van der Waals surface area contributed by atoms with Crippen LogP contribution in [0.1, 0.15) is 39.3 Å². The maximum Gasteiger partial charge on any atom is 0.344 e. The van der Waals surface area contributed by atoms with Gasteiger partial charge in [-0.15, -0.1) is 0 Å². The van der Waals surface area contributed by atoms with E-state index in [2.05, 4.69) is 0 Å². The molecule has 1 aliphatic rings. The second kappa shape index (κ2) is 6.46. The van der Waals surface area contributed by atoms with Crippen molar-refractivity contribution in [2.24, 2.45) is 0 Å². The molecule has 2 unspecified atom stereocenters. The van der Waals surface area contributed by atoms with Crippen molar-refractivity contribution in [3.63, 3.8) is 0 Å². The molecular weight excluding hydrogens is 400 g/mol. The lowest BCUT2D eigenvalue weighted by Crippen LogP contribution is -2.26. The Labute approximate surface area is 176 Å². The molecule has 2 aromatic heterocycles. The molecular formula is C24H20O7. The Morgan fingerprint density at radius 3 is 1.84 bits per heavy atom.